The summed E-state index contributed by atoms with van der Waals surface area (Å²) in [5, 5.41) is 4.24. The number of aromatic nitrogens is 1. The van der Waals surface area contributed by atoms with Gasteiger partial charge in [0.1, 0.15) is 11.9 Å². The Balaban J connectivity index is 1.30. The summed E-state index contributed by atoms with van der Waals surface area (Å²) < 4.78 is 29.9. The molecule has 0 aliphatic carbocycles. The number of hydrogen-bond acceptors (Lipinski definition) is 6. The van der Waals surface area contributed by atoms with Gasteiger partial charge in [0, 0.05) is 54.4 Å². The fourth-order valence-electron chi connectivity index (χ4n) is 4.66. The number of amides is 1. The van der Waals surface area contributed by atoms with E-state index in [0.29, 0.717) is 22.5 Å². The van der Waals surface area contributed by atoms with E-state index in [1.54, 1.807) is 0 Å². The molecule has 0 radical (unpaired) electrons. The van der Waals surface area contributed by atoms with Gasteiger partial charge in [-0.2, -0.15) is 0 Å². The number of aryl methyl sites for hydroxylation is 1. The van der Waals surface area contributed by atoms with E-state index in [4.69, 9.17) is 16.3 Å². The molecule has 37 heavy (non-hydrogen) atoms. The summed E-state index contributed by atoms with van der Waals surface area (Å²) in [6.07, 6.45) is 4.48. The maximum absolute atomic E-state index is 12.9. The SMILES string of the molecule is Cc1cc(Cl)ccc1OC1CCN(C[C@H](C)CNC(=O)c2c[nH]c(=O)c3cc(S(C)(=O)=O)ccc23)CC1. The number of rotatable bonds is 8. The Morgan fingerprint density at radius 2 is 1.92 bits per heavy atom. The number of pyridine rings is 1. The van der Waals surface area contributed by atoms with Crippen molar-refractivity contribution in [1.29, 1.82) is 0 Å². The molecule has 2 heterocycles. The van der Waals surface area contributed by atoms with E-state index < -0.39 is 15.4 Å². The molecule has 3 aromatic rings. The van der Waals surface area contributed by atoms with E-state index in [1.807, 2.05) is 25.1 Å². The number of H-pyrrole nitrogens is 1. The number of halogens is 1. The van der Waals surface area contributed by atoms with Gasteiger partial charge in [0.05, 0.1) is 10.5 Å². The lowest BCUT2D eigenvalue weighted by Crippen LogP contribution is -2.42. The van der Waals surface area contributed by atoms with E-state index in [1.165, 1.54) is 24.4 Å². The number of piperidine rings is 1. The lowest BCUT2D eigenvalue weighted by molar-refractivity contribution is 0.0883. The Labute approximate surface area is 221 Å². The number of hydrogen-bond donors (Lipinski definition) is 2. The Bertz CT molecular complexity index is 1460. The summed E-state index contributed by atoms with van der Waals surface area (Å²) in [6, 6.07) is 9.91. The highest BCUT2D eigenvalue weighted by Gasteiger charge is 2.23. The lowest BCUT2D eigenvalue weighted by atomic mass is 10.0. The van der Waals surface area contributed by atoms with Crippen LogP contribution in [-0.2, 0) is 9.84 Å². The molecule has 2 aromatic carbocycles. The third-order valence-electron chi connectivity index (χ3n) is 6.69. The van der Waals surface area contributed by atoms with Crippen LogP contribution in [0.25, 0.3) is 10.8 Å². The molecule has 2 N–H and O–H groups in total. The van der Waals surface area contributed by atoms with Crippen LogP contribution in [0.1, 0.15) is 35.7 Å². The average Bonchev–Trinajstić information content (AvgIpc) is 2.85. The van der Waals surface area contributed by atoms with Crippen LogP contribution in [0.2, 0.25) is 5.02 Å². The zero-order valence-corrected chi connectivity index (χ0v) is 22.8. The number of sulfone groups is 1. The summed E-state index contributed by atoms with van der Waals surface area (Å²) in [5.41, 5.74) is 0.895. The molecule has 1 fully saturated rings. The number of nitrogens with zero attached hydrogens (tertiary/aromatic N) is 1. The molecule has 4 rings (SSSR count). The standard InChI is InChI=1S/C27H32ClN3O5S/c1-17(16-31-10-8-20(9-11-31)36-25-7-4-19(28)12-18(25)2)14-29-27(33)24-15-30-26(32)23-13-21(37(3,34)35)5-6-22(23)24/h4-7,12-13,15,17,20H,8-11,14,16H2,1-3H3,(H,29,33)(H,30,32)/t17-/m1/s1. The van der Waals surface area contributed by atoms with Gasteiger partial charge in [0.15, 0.2) is 9.84 Å². The van der Waals surface area contributed by atoms with E-state index in [2.05, 4.69) is 22.1 Å². The van der Waals surface area contributed by atoms with E-state index >= 15 is 0 Å². The van der Waals surface area contributed by atoms with Crippen LogP contribution in [0.5, 0.6) is 5.75 Å². The predicted molar refractivity (Wildman–Crippen MR) is 145 cm³/mol. The van der Waals surface area contributed by atoms with Crippen molar-refractivity contribution in [3.05, 3.63) is 69.1 Å². The van der Waals surface area contributed by atoms with Crippen LogP contribution >= 0.6 is 11.6 Å². The van der Waals surface area contributed by atoms with E-state index in [0.717, 1.165) is 50.0 Å². The maximum Gasteiger partial charge on any atom is 0.255 e. The third-order valence-corrected chi connectivity index (χ3v) is 8.04. The third kappa shape index (κ3) is 6.71. The van der Waals surface area contributed by atoms with Gasteiger partial charge in [-0.25, -0.2) is 8.42 Å². The highest BCUT2D eigenvalue weighted by Crippen LogP contribution is 2.26. The number of carbonyl (C=O) groups excluding carboxylic acids is 1. The molecular formula is C27H32ClN3O5S. The fraction of sp³-hybridized carbons (Fsp3) is 0.407. The van der Waals surface area contributed by atoms with Crippen LogP contribution < -0.4 is 15.6 Å². The van der Waals surface area contributed by atoms with Crippen molar-refractivity contribution in [2.45, 2.75) is 37.7 Å². The summed E-state index contributed by atoms with van der Waals surface area (Å²) in [6.45, 7) is 7.24. The first-order valence-electron chi connectivity index (χ1n) is 12.3. The first-order chi connectivity index (χ1) is 17.5. The smallest absolute Gasteiger partial charge is 0.255 e. The molecule has 1 amide bonds. The van der Waals surface area contributed by atoms with Crippen molar-refractivity contribution in [3.8, 4) is 5.75 Å². The normalized spacial score (nSPS) is 16.0. The summed E-state index contributed by atoms with van der Waals surface area (Å²) in [5.74, 6) is 0.776. The first-order valence-corrected chi connectivity index (χ1v) is 14.6. The summed E-state index contributed by atoms with van der Waals surface area (Å²) >= 11 is 6.04. The summed E-state index contributed by atoms with van der Waals surface area (Å²) in [7, 11) is -3.47. The first kappa shape index (κ1) is 27.2. The number of carbonyl (C=O) groups is 1. The average molecular weight is 546 g/mol. The van der Waals surface area contributed by atoms with Crippen LogP contribution in [0.4, 0.5) is 0 Å². The van der Waals surface area contributed by atoms with Gasteiger partial charge < -0.3 is 19.9 Å². The van der Waals surface area contributed by atoms with Gasteiger partial charge in [-0.3, -0.25) is 9.59 Å². The fourth-order valence-corrected chi connectivity index (χ4v) is 5.53. The minimum atomic E-state index is -3.47. The minimum absolute atomic E-state index is 0.0363. The second-order valence-electron chi connectivity index (χ2n) is 9.85. The molecule has 1 saturated heterocycles. The van der Waals surface area contributed by atoms with Crippen molar-refractivity contribution >= 4 is 38.1 Å². The Kier molecular flexibility index (Phi) is 8.26. The Morgan fingerprint density at radius 1 is 1.19 bits per heavy atom. The highest BCUT2D eigenvalue weighted by molar-refractivity contribution is 7.90. The molecule has 1 aliphatic heterocycles. The number of likely N-dealkylation sites (tertiary alicyclic amines) is 1. The van der Waals surface area contributed by atoms with E-state index in [-0.39, 0.29) is 28.2 Å². The number of nitrogens with one attached hydrogen (secondary N) is 2. The predicted octanol–water partition coefficient (Wildman–Crippen LogP) is 3.80. The largest absolute Gasteiger partial charge is 0.490 e. The van der Waals surface area contributed by atoms with Crippen LogP contribution in [0.15, 0.2) is 52.3 Å². The molecule has 0 unspecified atom stereocenters. The van der Waals surface area contributed by atoms with Gasteiger partial charge >= 0.3 is 0 Å². The van der Waals surface area contributed by atoms with Crippen molar-refractivity contribution in [3.63, 3.8) is 0 Å². The zero-order valence-electron chi connectivity index (χ0n) is 21.2. The molecule has 1 aliphatic rings. The van der Waals surface area contributed by atoms with Crippen LogP contribution in [0, 0.1) is 12.8 Å². The van der Waals surface area contributed by atoms with Gasteiger partial charge in [-0.15, -0.1) is 0 Å². The molecular weight excluding hydrogens is 514 g/mol. The number of benzene rings is 2. The van der Waals surface area contributed by atoms with Crippen molar-refractivity contribution < 1.29 is 17.9 Å². The molecule has 0 saturated carbocycles. The molecule has 0 bridgehead atoms. The molecule has 8 nitrogen and oxygen atoms in total. The number of ether oxygens (including phenoxy) is 1. The van der Waals surface area contributed by atoms with Crippen LogP contribution in [-0.4, -0.2) is 62.7 Å². The van der Waals surface area contributed by atoms with Crippen molar-refractivity contribution in [2.24, 2.45) is 5.92 Å². The second-order valence-corrected chi connectivity index (χ2v) is 12.3. The minimum Gasteiger partial charge on any atom is -0.490 e. The Morgan fingerprint density at radius 3 is 2.59 bits per heavy atom. The van der Waals surface area contributed by atoms with Crippen LogP contribution in [0.3, 0.4) is 0 Å². The number of fused-ring (bicyclic) bond motifs is 1. The molecule has 10 heteroatoms. The monoisotopic (exact) mass is 545 g/mol. The molecule has 0 spiro atoms. The van der Waals surface area contributed by atoms with Gasteiger partial charge in [-0.1, -0.05) is 24.6 Å². The second kappa shape index (κ2) is 11.2. The molecule has 198 valence electrons. The lowest BCUT2D eigenvalue weighted by Gasteiger charge is -2.34. The van der Waals surface area contributed by atoms with Gasteiger partial charge in [0.25, 0.3) is 11.5 Å². The van der Waals surface area contributed by atoms with Gasteiger partial charge in [0.2, 0.25) is 0 Å². The zero-order chi connectivity index (χ0) is 26.7. The quantitative estimate of drug-likeness (QED) is 0.445. The van der Waals surface area contributed by atoms with Gasteiger partial charge in [-0.05, 0) is 61.6 Å². The maximum atomic E-state index is 12.9. The molecule has 1 aromatic heterocycles. The summed E-state index contributed by atoms with van der Waals surface area (Å²) in [4.78, 5) is 30.2. The van der Waals surface area contributed by atoms with E-state index in [9.17, 15) is 18.0 Å². The number of aromatic amines is 1. The van der Waals surface area contributed by atoms with Crippen molar-refractivity contribution in [1.82, 2.24) is 15.2 Å². The van der Waals surface area contributed by atoms with Crippen molar-refractivity contribution in [2.75, 3.05) is 32.4 Å². The topological polar surface area (TPSA) is 109 Å². The molecule has 1 atom stereocenters. The Hall–Kier alpha value is -2.88. The highest BCUT2D eigenvalue weighted by atomic mass is 35.5.